The van der Waals surface area contributed by atoms with E-state index in [2.05, 4.69) is 42.5 Å². The van der Waals surface area contributed by atoms with Crippen LogP contribution in [0.15, 0.2) is 54.6 Å². The van der Waals surface area contributed by atoms with E-state index in [9.17, 15) is 4.79 Å². The molecule has 0 spiro atoms. The molecular weight excluding hydrogens is 360 g/mol. The van der Waals surface area contributed by atoms with Crippen LogP contribution in [0.1, 0.15) is 35.4 Å². The molecule has 1 saturated heterocycles. The summed E-state index contributed by atoms with van der Waals surface area (Å²) in [6.45, 7) is 2.76. The first-order chi connectivity index (χ1) is 12.7. The number of ether oxygens (including phenoxy) is 1. The van der Waals surface area contributed by atoms with Crippen molar-refractivity contribution in [2.24, 2.45) is 11.7 Å². The van der Waals surface area contributed by atoms with E-state index in [0.717, 1.165) is 12.8 Å². The predicted octanol–water partition coefficient (Wildman–Crippen LogP) is 3.34. The normalized spacial score (nSPS) is 21.1. The molecule has 0 aromatic heterocycles. The number of carbonyl (C=O) groups excluding carboxylic acids is 1. The highest BCUT2D eigenvalue weighted by molar-refractivity contribution is 5.85. The van der Waals surface area contributed by atoms with Crippen molar-refractivity contribution >= 4 is 18.3 Å². The van der Waals surface area contributed by atoms with E-state index in [-0.39, 0.29) is 30.2 Å². The molecule has 5 heteroatoms. The van der Waals surface area contributed by atoms with Crippen molar-refractivity contribution < 1.29 is 9.53 Å². The van der Waals surface area contributed by atoms with Crippen LogP contribution in [0.25, 0.3) is 0 Å². The minimum Gasteiger partial charge on any atom is -0.381 e. The molecule has 1 fully saturated rings. The number of nitrogens with zero attached hydrogens (tertiary/aromatic N) is 1. The van der Waals surface area contributed by atoms with Gasteiger partial charge in [0.2, 0.25) is 5.91 Å². The van der Waals surface area contributed by atoms with Crippen LogP contribution in [-0.2, 0) is 16.1 Å². The summed E-state index contributed by atoms with van der Waals surface area (Å²) in [5.74, 6) is 0.503. The molecule has 27 heavy (non-hydrogen) atoms. The highest BCUT2D eigenvalue weighted by Crippen LogP contribution is 2.34. The number of amides is 1. The van der Waals surface area contributed by atoms with Gasteiger partial charge in [-0.1, -0.05) is 54.6 Å². The smallest absolute Gasteiger partial charge is 0.240 e. The summed E-state index contributed by atoms with van der Waals surface area (Å²) in [5, 5.41) is 0. The van der Waals surface area contributed by atoms with Gasteiger partial charge >= 0.3 is 0 Å². The summed E-state index contributed by atoms with van der Waals surface area (Å²) in [6, 6.07) is 18.5. The monoisotopic (exact) mass is 386 g/mol. The van der Waals surface area contributed by atoms with Crippen LogP contribution in [0, 0.1) is 5.92 Å². The Kier molecular flexibility index (Phi) is 6.53. The van der Waals surface area contributed by atoms with Crippen LogP contribution < -0.4 is 5.73 Å². The van der Waals surface area contributed by atoms with Gasteiger partial charge in [0, 0.05) is 32.2 Å². The fourth-order valence-corrected chi connectivity index (χ4v) is 4.23. The Morgan fingerprint density at radius 3 is 2.44 bits per heavy atom. The molecule has 4 rings (SSSR count). The first kappa shape index (κ1) is 19.9. The second kappa shape index (κ2) is 8.87. The van der Waals surface area contributed by atoms with Crippen molar-refractivity contribution in [3.05, 3.63) is 71.3 Å². The Morgan fingerprint density at radius 2 is 1.70 bits per heavy atom. The first-order valence-corrected chi connectivity index (χ1v) is 9.49. The van der Waals surface area contributed by atoms with Gasteiger partial charge in [-0.15, -0.1) is 12.4 Å². The lowest BCUT2D eigenvalue weighted by Crippen LogP contribution is -2.51. The van der Waals surface area contributed by atoms with E-state index < -0.39 is 6.04 Å². The molecule has 2 aliphatic rings. The van der Waals surface area contributed by atoms with Crippen molar-refractivity contribution in [2.75, 3.05) is 19.8 Å². The highest BCUT2D eigenvalue weighted by atomic mass is 35.5. The Morgan fingerprint density at radius 1 is 1.04 bits per heavy atom. The van der Waals surface area contributed by atoms with Crippen molar-refractivity contribution in [3.63, 3.8) is 0 Å². The number of benzene rings is 2. The van der Waals surface area contributed by atoms with Crippen LogP contribution >= 0.6 is 12.4 Å². The summed E-state index contributed by atoms with van der Waals surface area (Å²) < 4.78 is 5.42. The Bertz CT molecular complexity index is 762. The SMILES string of the molecule is Cl.NC(C(=O)N1Cc2ccccc2C(c2ccccc2)C1)C1CCOCC1. The third kappa shape index (κ3) is 4.18. The molecule has 0 aliphatic carbocycles. The number of nitrogens with two attached hydrogens (primary N) is 1. The molecule has 2 aromatic carbocycles. The van der Waals surface area contributed by atoms with Gasteiger partial charge in [-0.2, -0.15) is 0 Å². The van der Waals surface area contributed by atoms with Gasteiger partial charge in [0.15, 0.2) is 0 Å². The fraction of sp³-hybridized carbons (Fsp3) is 0.409. The molecule has 0 saturated carbocycles. The van der Waals surface area contributed by atoms with E-state index in [1.165, 1.54) is 16.7 Å². The molecule has 2 heterocycles. The van der Waals surface area contributed by atoms with Crippen LogP contribution in [-0.4, -0.2) is 36.6 Å². The van der Waals surface area contributed by atoms with Gasteiger partial charge in [-0.3, -0.25) is 4.79 Å². The summed E-state index contributed by atoms with van der Waals surface area (Å²) in [6.07, 6.45) is 1.75. The molecule has 2 unspecified atom stereocenters. The minimum atomic E-state index is -0.430. The zero-order valence-electron chi connectivity index (χ0n) is 15.4. The molecule has 1 amide bonds. The number of halogens is 1. The summed E-state index contributed by atoms with van der Waals surface area (Å²) in [4.78, 5) is 15.1. The first-order valence-electron chi connectivity index (χ1n) is 9.49. The topological polar surface area (TPSA) is 55.6 Å². The molecule has 4 nitrogen and oxygen atoms in total. The average molecular weight is 387 g/mol. The highest BCUT2D eigenvalue weighted by Gasteiger charge is 2.34. The molecule has 144 valence electrons. The summed E-state index contributed by atoms with van der Waals surface area (Å²) in [7, 11) is 0. The number of rotatable bonds is 3. The van der Waals surface area contributed by atoms with Gasteiger partial charge < -0.3 is 15.4 Å². The quantitative estimate of drug-likeness (QED) is 0.880. The van der Waals surface area contributed by atoms with E-state index in [0.29, 0.717) is 26.3 Å². The maximum Gasteiger partial charge on any atom is 0.240 e. The van der Waals surface area contributed by atoms with E-state index in [1.807, 2.05) is 17.0 Å². The fourth-order valence-electron chi connectivity index (χ4n) is 4.23. The van der Waals surface area contributed by atoms with Gasteiger partial charge in [0.1, 0.15) is 0 Å². The van der Waals surface area contributed by atoms with Crippen LogP contribution in [0.5, 0.6) is 0 Å². The molecule has 2 aliphatic heterocycles. The summed E-state index contributed by atoms with van der Waals surface area (Å²) >= 11 is 0. The standard InChI is InChI=1S/C22H26N2O2.ClH/c23-21(17-10-12-26-13-11-17)22(25)24-14-18-8-4-5-9-19(18)20(15-24)16-6-2-1-3-7-16;/h1-9,17,20-21H,10-15,23H2;1H. The minimum absolute atomic E-state index is 0. The van der Waals surface area contributed by atoms with Gasteiger partial charge in [0.05, 0.1) is 6.04 Å². The lowest BCUT2D eigenvalue weighted by molar-refractivity contribution is -0.135. The molecular formula is C22H27ClN2O2. The van der Waals surface area contributed by atoms with Crippen LogP contribution in [0.3, 0.4) is 0 Å². The largest absolute Gasteiger partial charge is 0.381 e. The van der Waals surface area contributed by atoms with Gasteiger partial charge in [-0.25, -0.2) is 0 Å². The number of carbonyl (C=O) groups is 1. The van der Waals surface area contributed by atoms with Gasteiger partial charge in [-0.05, 0) is 35.4 Å². The second-order valence-electron chi connectivity index (χ2n) is 7.36. The number of hydrogen-bond donors (Lipinski definition) is 1. The maximum absolute atomic E-state index is 13.1. The second-order valence-corrected chi connectivity index (χ2v) is 7.36. The number of hydrogen-bond acceptors (Lipinski definition) is 3. The van der Waals surface area contributed by atoms with E-state index in [1.54, 1.807) is 0 Å². The van der Waals surface area contributed by atoms with Gasteiger partial charge in [0.25, 0.3) is 0 Å². The predicted molar refractivity (Wildman–Crippen MR) is 109 cm³/mol. The Hall–Kier alpha value is -1.88. The molecule has 0 bridgehead atoms. The van der Waals surface area contributed by atoms with Crippen LogP contribution in [0.2, 0.25) is 0 Å². The van der Waals surface area contributed by atoms with Crippen LogP contribution in [0.4, 0.5) is 0 Å². The zero-order chi connectivity index (χ0) is 17.9. The maximum atomic E-state index is 13.1. The molecule has 0 radical (unpaired) electrons. The Labute approximate surface area is 167 Å². The molecule has 2 aromatic rings. The van der Waals surface area contributed by atoms with Crippen molar-refractivity contribution in [1.29, 1.82) is 0 Å². The van der Waals surface area contributed by atoms with Crippen molar-refractivity contribution in [3.8, 4) is 0 Å². The summed E-state index contributed by atoms with van der Waals surface area (Å²) in [5.41, 5.74) is 10.2. The van der Waals surface area contributed by atoms with Crippen molar-refractivity contribution in [2.45, 2.75) is 31.3 Å². The third-order valence-electron chi connectivity index (χ3n) is 5.77. The molecule has 2 atom stereocenters. The zero-order valence-corrected chi connectivity index (χ0v) is 16.2. The molecule has 2 N–H and O–H groups in total. The lowest BCUT2D eigenvalue weighted by atomic mass is 9.83. The average Bonchev–Trinajstić information content (AvgIpc) is 2.73. The van der Waals surface area contributed by atoms with E-state index >= 15 is 0 Å². The Balaban J connectivity index is 0.00000210. The third-order valence-corrected chi connectivity index (χ3v) is 5.77. The van der Waals surface area contributed by atoms with E-state index in [4.69, 9.17) is 10.5 Å². The lowest BCUT2D eigenvalue weighted by Gasteiger charge is -2.38. The van der Waals surface area contributed by atoms with Crippen molar-refractivity contribution in [1.82, 2.24) is 4.90 Å². The number of fused-ring (bicyclic) bond motifs is 1.